The number of halogens is 1. The van der Waals surface area contributed by atoms with Gasteiger partial charge in [0.25, 0.3) is 5.88 Å². The molecular weight excluding hydrogens is 373 g/mol. The molecule has 1 aliphatic heterocycles. The van der Waals surface area contributed by atoms with Crippen molar-refractivity contribution in [1.29, 1.82) is 0 Å². The molecule has 0 saturated carbocycles. The highest BCUT2D eigenvalue weighted by Crippen LogP contribution is 2.24. The number of ether oxygens (including phenoxy) is 1. The lowest BCUT2D eigenvalue weighted by Gasteiger charge is -2.36. The molecule has 1 aromatic heterocycles. The maximum Gasteiger partial charge on any atom is 0.323 e. The van der Waals surface area contributed by atoms with Crippen LogP contribution in [0.1, 0.15) is 5.56 Å². The Hall–Kier alpha value is -3.42. The van der Waals surface area contributed by atoms with Crippen molar-refractivity contribution in [3.63, 3.8) is 0 Å². The Balaban J connectivity index is 1.45. The van der Waals surface area contributed by atoms with E-state index < -0.39 is 5.82 Å². The van der Waals surface area contributed by atoms with E-state index in [1.165, 1.54) is 36.6 Å². The van der Waals surface area contributed by atoms with Crippen LogP contribution in [-0.4, -0.2) is 54.2 Å². The average molecular weight is 395 g/mol. The van der Waals surface area contributed by atoms with Crippen LogP contribution in [0.15, 0.2) is 42.5 Å². The van der Waals surface area contributed by atoms with Gasteiger partial charge in [0.15, 0.2) is 5.82 Å². The first-order chi connectivity index (χ1) is 14.0. The topological polar surface area (TPSA) is 70.6 Å². The van der Waals surface area contributed by atoms with Gasteiger partial charge < -0.3 is 14.5 Å². The van der Waals surface area contributed by atoms with Crippen molar-refractivity contribution in [2.75, 3.05) is 43.5 Å². The van der Waals surface area contributed by atoms with E-state index in [1.807, 2.05) is 6.07 Å². The number of hydrogen-bond donors (Lipinski definition) is 1. The van der Waals surface area contributed by atoms with E-state index in [0.29, 0.717) is 24.1 Å². The second-order valence-corrected chi connectivity index (χ2v) is 6.96. The Morgan fingerprint density at radius 2 is 1.86 bits per heavy atom. The molecule has 29 heavy (non-hydrogen) atoms. The number of aromatic nitrogens is 2. The van der Waals surface area contributed by atoms with E-state index in [1.54, 1.807) is 4.90 Å². The fraction of sp³-hybridized carbons (Fsp3) is 0.286. The van der Waals surface area contributed by atoms with Crippen LogP contribution in [0.2, 0.25) is 0 Å². The second kappa shape index (κ2) is 7.90. The number of nitrogens with zero attached hydrogens (tertiary/aromatic N) is 4. The number of benzene rings is 2. The molecule has 1 N–H and O–H groups in total. The summed E-state index contributed by atoms with van der Waals surface area (Å²) in [5.74, 6) is -0.0373. The van der Waals surface area contributed by atoms with Crippen LogP contribution in [0, 0.1) is 12.7 Å². The second-order valence-electron chi connectivity index (χ2n) is 6.96. The van der Waals surface area contributed by atoms with Crippen LogP contribution in [0.5, 0.6) is 5.88 Å². The predicted molar refractivity (Wildman–Crippen MR) is 110 cm³/mol. The van der Waals surface area contributed by atoms with Crippen molar-refractivity contribution < 1.29 is 13.9 Å². The zero-order valence-corrected chi connectivity index (χ0v) is 16.4. The molecule has 0 atom stereocenters. The number of nitrogens with one attached hydrogen (secondary N) is 1. The Labute approximate surface area is 168 Å². The number of carbonyl (C=O) groups is 1. The smallest absolute Gasteiger partial charge is 0.323 e. The van der Waals surface area contributed by atoms with Crippen LogP contribution in [-0.2, 0) is 0 Å². The van der Waals surface area contributed by atoms with Gasteiger partial charge in [0.2, 0.25) is 0 Å². The summed E-state index contributed by atoms with van der Waals surface area (Å²) in [5, 5.41) is 2.78. The van der Waals surface area contributed by atoms with E-state index in [0.717, 1.165) is 13.1 Å². The molecule has 1 fully saturated rings. The molecule has 0 spiro atoms. The summed E-state index contributed by atoms with van der Waals surface area (Å²) < 4.78 is 18.6. The van der Waals surface area contributed by atoms with Gasteiger partial charge in [-0.05, 0) is 36.8 Å². The molecule has 1 aliphatic rings. The summed E-state index contributed by atoms with van der Waals surface area (Å²) in [6.07, 6.45) is 0. The number of rotatable bonds is 3. The maximum absolute atomic E-state index is 13.4. The minimum atomic E-state index is -0.405. The number of aryl methyl sites for hydroxylation is 1. The number of anilines is 2. The van der Waals surface area contributed by atoms with Crippen LogP contribution in [0.3, 0.4) is 0 Å². The van der Waals surface area contributed by atoms with Gasteiger partial charge >= 0.3 is 6.03 Å². The number of urea groups is 1. The summed E-state index contributed by atoms with van der Waals surface area (Å²) >= 11 is 0. The number of methoxy groups -OCH3 is 1. The quantitative estimate of drug-likeness (QED) is 0.736. The number of hydrogen-bond acceptors (Lipinski definition) is 5. The van der Waals surface area contributed by atoms with Gasteiger partial charge in [0, 0.05) is 37.9 Å². The molecular formula is C21H22FN5O2. The van der Waals surface area contributed by atoms with Crippen LogP contribution in [0.4, 0.5) is 20.7 Å². The molecule has 3 aromatic rings. The molecule has 8 heteroatoms. The monoisotopic (exact) mass is 395 g/mol. The highest BCUT2D eigenvalue weighted by molar-refractivity contribution is 5.91. The summed E-state index contributed by atoms with van der Waals surface area (Å²) in [5.41, 5.74) is 3.22. The number of amides is 2. The average Bonchev–Trinajstić information content (AvgIpc) is 2.73. The van der Waals surface area contributed by atoms with Gasteiger partial charge in [-0.2, -0.15) is 0 Å². The number of piperazine rings is 1. The van der Waals surface area contributed by atoms with Crippen LogP contribution in [0.25, 0.3) is 11.0 Å². The minimum Gasteiger partial charge on any atom is -0.478 e. The third-order valence-electron chi connectivity index (χ3n) is 4.95. The molecule has 0 bridgehead atoms. The molecule has 7 nitrogen and oxygen atoms in total. The molecule has 2 heterocycles. The summed E-state index contributed by atoms with van der Waals surface area (Å²) in [6.45, 7) is 4.75. The van der Waals surface area contributed by atoms with E-state index in [-0.39, 0.29) is 17.7 Å². The molecule has 0 unspecified atom stereocenters. The van der Waals surface area contributed by atoms with Crippen molar-refractivity contribution in [1.82, 2.24) is 14.9 Å². The van der Waals surface area contributed by atoms with Crippen LogP contribution >= 0.6 is 0 Å². The summed E-state index contributed by atoms with van der Waals surface area (Å²) in [7, 11) is 1.44. The number of fused-ring (bicyclic) bond motifs is 1. The van der Waals surface area contributed by atoms with Gasteiger partial charge in [0.05, 0.1) is 18.1 Å². The Morgan fingerprint density at radius 1 is 1.07 bits per heavy atom. The van der Waals surface area contributed by atoms with Gasteiger partial charge in [-0.3, -0.25) is 5.32 Å². The molecule has 2 amide bonds. The summed E-state index contributed by atoms with van der Waals surface area (Å²) in [4.78, 5) is 25.4. The Kier molecular flexibility index (Phi) is 5.16. The molecule has 2 aromatic carbocycles. The van der Waals surface area contributed by atoms with E-state index in [9.17, 15) is 9.18 Å². The van der Waals surface area contributed by atoms with Crippen molar-refractivity contribution in [2.24, 2.45) is 0 Å². The fourth-order valence-corrected chi connectivity index (χ4v) is 3.41. The van der Waals surface area contributed by atoms with Gasteiger partial charge in [-0.15, -0.1) is 0 Å². The van der Waals surface area contributed by atoms with Crippen molar-refractivity contribution in [3.8, 4) is 5.88 Å². The maximum atomic E-state index is 13.4. The molecule has 0 aliphatic carbocycles. The largest absolute Gasteiger partial charge is 0.478 e. The van der Waals surface area contributed by atoms with Crippen molar-refractivity contribution in [3.05, 3.63) is 53.8 Å². The molecule has 4 rings (SSSR count). The zero-order chi connectivity index (χ0) is 20.4. The lowest BCUT2D eigenvalue weighted by molar-refractivity contribution is 0.208. The van der Waals surface area contributed by atoms with E-state index >= 15 is 0 Å². The third-order valence-corrected chi connectivity index (χ3v) is 4.95. The summed E-state index contributed by atoms with van der Waals surface area (Å²) in [6, 6.07) is 12.2. The zero-order valence-electron chi connectivity index (χ0n) is 16.4. The standard InChI is InChI=1S/C21H22FN5O2/c1-14-4-3-5-16(12-14)26-8-10-27(11-9-26)21(28)25-19-20(29-2)24-18-13-15(22)6-7-17(18)23-19/h3-7,12-13H,8-11H2,1-2H3,(H,23,25,28). The lowest BCUT2D eigenvalue weighted by Crippen LogP contribution is -2.50. The third kappa shape index (κ3) is 4.06. The van der Waals surface area contributed by atoms with Crippen molar-refractivity contribution in [2.45, 2.75) is 6.92 Å². The van der Waals surface area contributed by atoms with Crippen LogP contribution < -0.4 is 15.0 Å². The molecule has 1 saturated heterocycles. The highest BCUT2D eigenvalue weighted by atomic mass is 19.1. The number of carbonyl (C=O) groups excluding carboxylic acids is 1. The van der Waals surface area contributed by atoms with Gasteiger partial charge in [-0.25, -0.2) is 19.2 Å². The van der Waals surface area contributed by atoms with Gasteiger partial charge in [0.1, 0.15) is 5.82 Å². The fourth-order valence-electron chi connectivity index (χ4n) is 3.41. The van der Waals surface area contributed by atoms with Gasteiger partial charge in [-0.1, -0.05) is 12.1 Å². The van der Waals surface area contributed by atoms with E-state index in [4.69, 9.17) is 4.74 Å². The lowest BCUT2D eigenvalue weighted by atomic mass is 10.2. The van der Waals surface area contributed by atoms with Crippen molar-refractivity contribution >= 4 is 28.6 Å². The molecule has 0 radical (unpaired) electrons. The molecule has 150 valence electrons. The highest BCUT2D eigenvalue weighted by Gasteiger charge is 2.23. The first kappa shape index (κ1) is 18.9. The normalized spacial score (nSPS) is 14.2. The first-order valence-electron chi connectivity index (χ1n) is 9.42. The predicted octanol–water partition coefficient (Wildman–Crippen LogP) is 3.44. The Bertz CT molecular complexity index is 1050. The Morgan fingerprint density at radius 3 is 2.59 bits per heavy atom. The SMILES string of the molecule is COc1nc2cc(F)ccc2nc1NC(=O)N1CCN(c2cccc(C)c2)CC1. The first-order valence-corrected chi connectivity index (χ1v) is 9.42. The van der Waals surface area contributed by atoms with E-state index in [2.05, 4.69) is 45.3 Å². The minimum absolute atomic E-state index is 0.148.